The van der Waals surface area contributed by atoms with Crippen LogP contribution in [0, 0.1) is 5.41 Å². The molecule has 0 aliphatic carbocycles. The Balaban J connectivity index is 2.85. The monoisotopic (exact) mass is 196 g/mol. The van der Waals surface area contributed by atoms with Crippen molar-refractivity contribution < 1.29 is 17.8 Å². The fourth-order valence-electron chi connectivity index (χ4n) is 1.00. The molecule has 1 aliphatic heterocycles. The van der Waals surface area contributed by atoms with Crippen molar-refractivity contribution in [3.8, 4) is 0 Å². The summed E-state index contributed by atoms with van der Waals surface area (Å²) >= 11 is 0. The van der Waals surface area contributed by atoms with Crippen LogP contribution in [0.4, 0.5) is 4.20 Å². The fourth-order valence-corrected chi connectivity index (χ4v) is 2.35. The van der Waals surface area contributed by atoms with Crippen LogP contribution in [0.15, 0.2) is 0 Å². The minimum absolute atomic E-state index is 0.306. The lowest BCUT2D eigenvalue weighted by Gasteiger charge is -2.41. The van der Waals surface area contributed by atoms with Crippen molar-refractivity contribution in [1.82, 2.24) is 0 Å². The zero-order chi connectivity index (χ0) is 9.57. The number of rotatable bonds is 0. The van der Waals surface area contributed by atoms with Crippen LogP contribution in [0.1, 0.15) is 27.7 Å². The van der Waals surface area contributed by atoms with E-state index in [9.17, 15) is 8.76 Å². The molecule has 72 valence electrons. The summed E-state index contributed by atoms with van der Waals surface area (Å²) in [5, 5.41) is 0. The highest BCUT2D eigenvalue weighted by Gasteiger charge is 2.47. The minimum Gasteiger partial charge on any atom is -0.280 e. The second-order valence-electron chi connectivity index (χ2n) is 3.75. The Hall–Kier alpha value is 0.0800. The average molecular weight is 196 g/mol. The smallest absolute Gasteiger partial charge is 0.280 e. The van der Waals surface area contributed by atoms with Crippen LogP contribution in [-0.4, -0.2) is 12.2 Å². The average Bonchev–Trinajstić information content (AvgIpc) is 1.82. The quantitative estimate of drug-likeness (QED) is 0.559. The first-order chi connectivity index (χ1) is 5.26. The molecular weight excluding hydrogens is 182 g/mol. The predicted octanol–water partition coefficient (Wildman–Crippen LogP) is 2.91. The molecule has 1 rings (SSSR count). The molecule has 0 aromatic carbocycles. The van der Waals surface area contributed by atoms with Crippen LogP contribution in [0.3, 0.4) is 0 Å². The van der Waals surface area contributed by atoms with Crippen molar-refractivity contribution in [3.63, 3.8) is 0 Å². The van der Waals surface area contributed by atoms with Gasteiger partial charge in [0.05, 0.1) is 12.2 Å². The summed E-state index contributed by atoms with van der Waals surface area (Å²) < 4.78 is 32.9. The van der Waals surface area contributed by atoms with E-state index in [1.54, 1.807) is 13.8 Å². The molecule has 0 aromatic heterocycles. The molecule has 1 heterocycles. The van der Waals surface area contributed by atoms with Crippen molar-refractivity contribution >= 4 is 7.91 Å². The van der Waals surface area contributed by atoms with E-state index >= 15 is 0 Å². The summed E-state index contributed by atoms with van der Waals surface area (Å²) in [5.74, 6) is 0. The first-order valence-corrected chi connectivity index (χ1v) is 5.35. The van der Waals surface area contributed by atoms with Crippen LogP contribution >= 0.6 is 7.91 Å². The third-order valence-corrected chi connectivity index (χ3v) is 3.80. The third kappa shape index (κ3) is 1.70. The first kappa shape index (κ1) is 10.2. The molecule has 2 unspecified atom stereocenters. The van der Waals surface area contributed by atoms with Gasteiger partial charge in [-0.1, -0.05) is 13.8 Å². The molecule has 12 heavy (non-hydrogen) atoms. The Morgan fingerprint density at radius 2 is 1.58 bits per heavy atom. The molecular formula is C7H14FO3P. The van der Waals surface area contributed by atoms with Gasteiger partial charge in [-0.05, 0) is 13.8 Å². The second-order valence-corrected chi connectivity index (χ2v) is 5.03. The van der Waals surface area contributed by atoms with E-state index < -0.39 is 20.1 Å². The Bertz CT molecular complexity index is 211. The Morgan fingerprint density at radius 1 is 1.25 bits per heavy atom. The highest BCUT2D eigenvalue weighted by Crippen LogP contribution is 2.59. The van der Waals surface area contributed by atoms with Crippen molar-refractivity contribution in [1.29, 1.82) is 0 Å². The molecule has 1 fully saturated rings. The van der Waals surface area contributed by atoms with Gasteiger partial charge < -0.3 is 0 Å². The van der Waals surface area contributed by atoms with E-state index in [1.807, 2.05) is 13.8 Å². The molecule has 0 saturated carbocycles. The number of hydrogen-bond donors (Lipinski definition) is 0. The molecule has 1 aliphatic rings. The number of hydrogen-bond acceptors (Lipinski definition) is 3. The maximum absolute atomic E-state index is 12.8. The fraction of sp³-hybridized carbons (Fsp3) is 1.00. The Labute approximate surface area is 71.9 Å². The highest BCUT2D eigenvalue weighted by molar-refractivity contribution is 7.48. The van der Waals surface area contributed by atoms with E-state index in [4.69, 9.17) is 0 Å². The lowest BCUT2D eigenvalue weighted by molar-refractivity contribution is -0.0716. The van der Waals surface area contributed by atoms with Crippen LogP contribution < -0.4 is 0 Å². The van der Waals surface area contributed by atoms with Crippen LogP contribution in [0.5, 0.6) is 0 Å². The molecule has 1 saturated heterocycles. The zero-order valence-electron chi connectivity index (χ0n) is 7.70. The van der Waals surface area contributed by atoms with E-state index in [0.29, 0.717) is 0 Å². The topological polar surface area (TPSA) is 35.5 Å². The molecule has 0 spiro atoms. The van der Waals surface area contributed by atoms with Crippen molar-refractivity contribution in [2.24, 2.45) is 5.41 Å². The van der Waals surface area contributed by atoms with Gasteiger partial charge in [0.15, 0.2) is 0 Å². The molecule has 0 aromatic rings. The van der Waals surface area contributed by atoms with Gasteiger partial charge in [-0.25, -0.2) is 4.57 Å². The molecule has 0 bridgehead atoms. The molecule has 5 heteroatoms. The van der Waals surface area contributed by atoms with Gasteiger partial charge in [-0.2, -0.15) is 0 Å². The normalized spacial score (nSPS) is 47.4. The van der Waals surface area contributed by atoms with Gasteiger partial charge in [0, 0.05) is 5.41 Å². The highest BCUT2D eigenvalue weighted by atomic mass is 31.2. The van der Waals surface area contributed by atoms with Gasteiger partial charge in [-0.15, -0.1) is 4.20 Å². The van der Waals surface area contributed by atoms with Gasteiger partial charge in [0.1, 0.15) is 0 Å². The van der Waals surface area contributed by atoms with E-state index in [1.165, 1.54) is 0 Å². The molecule has 0 amide bonds. The molecule has 0 N–H and O–H groups in total. The van der Waals surface area contributed by atoms with Gasteiger partial charge in [-0.3, -0.25) is 9.05 Å². The molecule has 0 radical (unpaired) electrons. The summed E-state index contributed by atoms with van der Waals surface area (Å²) in [6, 6.07) is 0. The maximum Gasteiger partial charge on any atom is 0.513 e. The second kappa shape index (κ2) is 2.79. The lowest BCUT2D eigenvalue weighted by atomic mass is 9.82. The molecule has 2 atom stereocenters. The molecule has 3 nitrogen and oxygen atoms in total. The standard InChI is InChI=1S/C7H14FO3P/c1-5-7(3,4)6(2)11-12(8,9)10-5/h5-6H,1-4H3. The predicted molar refractivity (Wildman–Crippen MR) is 43.6 cm³/mol. The van der Waals surface area contributed by atoms with Crippen molar-refractivity contribution in [3.05, 3.63) is 0 Å². The van der Waals surface area contributed by atoms with E-state index in [2.05, 4.69) is 9.05 Å². The summed E-state index contributed by atoms with van der Waals surface area (Å²) in [6.45, 7) is 7.18. The van der Waals surface area contributed by atoms with Gasteiger partial charge in [0.2, 0.25) is 0 Å². The first-order valence-electron chi connectivity index (χ1n) is 3.92. The largest absolute Gasteiger partial charge is 0.513 e. The van der Waals surface area contributed by atoms with Gasteiger partial charge in [0.25, 0.3) is 0 Å². The lowest BCUT2D eigenvalue weighted by Crippen LogP contribution is -2.42. The van der Waals surface area contributed by atoms with Crippen LogP contribution in [0.25, 0.3) is 0 Å². The summed E-state index contributed by atoms with van der Waals surface area (Å²) in [6.07, 6.45) is -0.783. The van der Waals surface area contributed by atoms with E-state index in [-0.39, 0.29) is 5.41 Å². The van der Waals surface area contributed by atoms with E-state index in [0.717, 1.165) is 0 Å². The SMILES string of the molecule is CC1OP(=O)(F)OC(C)C1(C)C. The zero-order valence-corrected chi connectivity index (χ0v) is 8.60. The Kier molecular flexibility index (Phi) is 2.36. The maximum atomic E-state index is 12.8. The van der Waals surface area contributed by atoms with Crippen molar-refractivity contribution in [2.75, 3.05) is 0 Å². The van der Waals surface area contributed by atoms with Crippen LogP contribution in [0.2, 0.25) is 0 Å². The summed E-state index contributed by atoms with van der Waals surface area (Å²) in [4.78, 5) is 0. The van der Waals surface area contributed by atoms with Gasteiger partial charge >= 0.3 is 7.91 Å². The third-order valence-electron chi connectivity index (χ3n) is 2.66. The number of halogens is 1. The summed E-state index contributed by atoms with van der Waals surface area (Å²) in [7, 11) is -4.28. The minimum atomic E-state index is -4.28. The van der Waals surface area contributed by atoms with Crippen molar-refractivity contribution in [2.45, 2.75) is 39.9 Å². The van der Waals surface area contributed by atoms with Crippen LogP contribution in [-0.2, 0) is 13.6 Å². The Morgan fingerprint density at radius 3 is 1.92 bits per heavy atom. The summed E-state index contributed by atoms with van der Waals surface area (Å²) in [5.41, 5.74) is -0.306.